The van der Waals surface area contributed by atoms with Gasteiger partial charge in [-0.25, -0.2) is 0 Å². The van der Waals surface area contributed by atoms with Crippen molar-refractivity contribution in [2.75, 3.05) is 19.5 Å². The number of methoxy groups -OCH3 is 2. The van der Waals surface area contributed by atoms with E-state index in [1.165, 1.54) is 20.3 Å². The van der Waals surface area contributed by atoms with E-state index in [9.17, 15) is 23.3 Å². The fourth-order valence-corrected chi connectivity index (χ4v) is 2.52. The Bertz CT molecular complexity index is 809. The van der Waals surface area contributed by atoms with E-state index < -0.39 is 28.4 Å². The molecule has 1 atom stereocenters. The minimum atomic E-state index is -4.84. The summed E-state index contributed by atoms with van der Waals surface area (Å²) in [6.45, 7) is 1.73. The minimum absolute atomic E-state index is 0.0975. The summed E-state index contributed by atoms with van der Waals surface area (Å²) >= 11 is 0. The number of hydrogen-bond donors (Lipinski definition) is 1. The van der Waals surface area contributed by atoms with Gasteiger partial charge < -0.3 is 14.8 Å². The zero-order valence-electron chi connectivity index (χ0n) is 14.3. The van der Waals surface area contributed by atoms with Gasteiger partial charge in [0.1, 0.15) is 17.1 Å². The van der Waals surface area contributed by atoms with Gasteiger partial charge in [0.25, 0.3) is 5.69 Å². The van der Waals surface area contributed by atoms with Gasteiger partial charge in [0.2, 0.25) is 0 Å². The van der Waals surface area contributed by atoms with Crippen LogP contribution in [0.15, 0.2) is 36.4 Å². The van der Waals surface area contributed by atoms with Crippen LogP contribution in [-0.4, -0.2) is 19.1 Å². The predicted molar refractivity (Wildman–Crippen MR) is 89.7 cm³/mol. The van der Waals surface area contributed by atoms with Crippen LogP contribution in [0.2, 0.25) is 0 Å². The van der Waals surface area contributed by atoms with E-state index in [-0.39, 0.29) is 5.69 Å². The zero-order valence-corrected chi connectivity index (χ0v) is 14.3. The summed E-state index contributed by atoms with van der Waals surface area (Å²) in [7, 11) is 2.97. The van der Waals surface area contributed by atoms with E-state index in [0.717, 1.165) is 12.1 Å². The normalized spacial score (nSPS) is 12.4. The molecule has 0 aliphatic rings. The first-order chi connectivity index (χ1) is 12.2. The van der Waals surface area contributed by atoms with E-state index in [0.29, 0.717) is 17.1 Å². The lowest BCUT2D eigenvalue weighted by Crippen LogP contribution is -2.12. The maximum absolute atomic E-state index is 13.1. The number of hydrogen-bond acceptors (Lipinski definition) is 5. The van der Waals surface area contributed by atoms with Crippen LogP contribution in [0.5, 0.6) is 11.5 Å². The molecular weight excluding hydrogens is 353 g/mol. The van der Waals surface area contributed by atoms with Gasteiger partial charge in [0.05, 0.1) is 25.2 Å². The van der Waals surface area contributed by atoms with Crippen LogP contribution in [-0.2, 0) is 6.18 Å². The smallest absolute Gasteiger partial charge is 0.423 e. The SMILES string of the molecule is COc1ccc(OC)c(C(C)Nc2ccc([N+](=O)[O-])c(C(F)(F)F)c2)c1. The Balaban J connectivity index is 2.38. The second kappa shape index (κ2) is 7.51. The first-order valence-electron chi connectivity index (χ1n) is 7.51. The van der Waals surface area contributed by atoms with E-state index in [1.807, 2.05) is 0 Å². The molecule has 0 saturated heterocycles. The van der Waals surface area contributed by atoms with Crippen molar-refractivity contribution in [2.24, 2.45) is 0 Å². The van der Waals surface area contributed by atoms with Crippen molar-refractivity contribution < 1.29 is 27.6 Å². The highest BCUT2D eigenvalue weighted by atomic mass is 19.4. The molecule has 0 radical (unpaired) electrons. The maximum Gasteiger partial charge on any atom is 0.423 e. The van der Waals surface area contributed by atoms with Crippen molar-refractivity contribution in [1.82, 2.24) is 0 Å². The molecule has 2 aromatic carbocycles. The molecule has 0 amide bonds. The van der Waals surface area contributed by atoms with Gasteiger partial charge in [-0.15, -0.1) is 0 Å². The number of benzene rings is 2. The van der Waals surface area contributed by atoms with Gasteiger partial charge in [0, 0.05) is 17.3 Å². The van der Waals surface area contributed by atoms with Crippen LogP contribution in [0.3, 0.4) is 0 Å². The highest BCUT2D eigenvalue weighted by Crippen LogP contribution is 2.38. The highest BCUT2D eigenvalue weighted by molar-refractivity contribution is 5.57. The lowest BCUT2D eigenvalue weighted by atomic mass is 10.1. The van der Waals surface area contributed by atoms with E-state index in [4.69, 9.17) is 9.47 Å². The fraction of sp³-hybridized carbons (Fsp3) is 0.294. The first kappa shape index (κ1) is 19.4. The van der Waals surface area contributed by atoms with E-state index in [1.54, 1.807) is 25.1 Å². The van der Waals surface area contributed by atoms with Gasteiger partial charge in [-0.05, 0) is 37.3 Å². The summed E-state index contributed by atoms with van der Waals surface area (Å²) in [6, 6.07) is 7.43. The summed E-state index contributed by atoms with van der Waals surface area (Å²) < 4.78 is 49.7. The van der Waals surface area contributed by atoms with E-state index in [2.05, 4.69) is 5.32 Å². The van der Waals surface area contributed by atoms with Crippen LogP contribution in [0, 0.1) is 10.1 Å². The van der Waals surface area contributed by atoms with Crippen LogP contribution in [0.25, 0.3) is 0 Å². The van der Waals surface area contributed by atoms with Crippen LogP contribution in [0.1, 0.15) is 24.1 Å². The van der Waals surface area contributed by atoms with Crippen molar-refractivity contribution >= 4 is 11.4 Å². The van der Waals surface area contributed by atoms with Gasteiger partial charge in [0.15, 0.2) is 0 Å². The number of anilines is 1. The second-order valence-electron chi connectivity index (χ2n) is 5.46. The second-order valence-corrected chi connectivity index (χ2v) is 5.46. The third kappa shape index (κ3) is 4.16. The van der Waals surface area contributed by atoms with Crippen molar-refractivity contribution in [3.05, 3.63) is 57.6 Å². The molecule has 140 valence electrons. The first-order valence-corrected chi connectivity index (χ1v) is 7.51. The Morgan fingerprint density at radius 3 is 2.35 bits per heavy atom. The molecule has 0 fully saturated rings. The molecule has 1 N–H and O–H groups in total. The molecule has 0 bridgehead atoms. The molecule has 0 spiro atoms. The van der Waals surface area contributed by atoms with E-state index >= 15 is 0 Å². The number of ether oxygens (including phenoxy) is 2. The predicted octanol–water partition coefficient (Wildman–Crippen LogP) is 4.80. The van der Waals surface area contributed by atoms with Crippen molar-refractivity contribution in [2.45, 2.75) is 19.1 Å². The lowest BCUT2D eigenvalue weighted by Gasteiger charge is -2.20. The molecule has 26 heavy (non-hydrogen) atoms. The average Bonchev–Trinajstić information content (AvgIpc) is 2.60. The van der Waals surface area contributed by atoms with Crippen molar-refractivity contribution in [1.29, 1.82) is 0 Å². The summed E-state index contributed by atoms with van der Waals surface area (Å²) in [5.74, 6) is 1.10. The molecule has 1 unspecified atom stereocenters. The lowest BCUT2D eigenvalue weighted by molar-refractivity contribution is -0.388. The zero-order chi connectivity index (χ0) is 19.5. The third-order valence-electron chi connectivity index (χ3n) is 3.79. The molecule has 0 aromatic heterocycles. The van der Waals surface area contributed by atoms with Gasteiger partial charge >= 0.3 is 6.18 Å². The molecule has 0 heterocycles. The van der Waals surface area contributed by atoms with Crippen LogP contribution in [0.4, 0.5) is 24.5 Å². The Morgan fingerprint density at radius 2 is 1.81 bits per heavy atom. The topological polar surface area (TPSA) is 73.6 Å². The average molecular weight is 370 g/mol. The Kier molecular flexibility index (Phi) is 5.59. The van der Waals surface area contributed by atoms with Crippen molar-refractivity contribution in [3.8, 4) is 11.5 Å². The van der Waals surface area contributed by atoms with Gasteiger partial charge in [-0.2, -0.15) is 13.2 Å². The van der Waals surface area contributed by atoms with Gasteiger partial charge in [-0.3, -0.25) is 10.1 Å². The monoisotopic (exact) mass is 370 g/mol. The summed E-state index contributed by atoms with van der Waals surface area (Å²) in [4.78, 5) is 9.78. The summed E-state index contributed by atoms with van der Waals surface area (Å²) in [5, 5.41) is 13.7. The number of nitrogens with zero attached hydrogens (tertiary/aromatic N) is 1. The molecule has 9 heteroatoms. The molecule has 2 rings (SSSR count). The minimum Gasteiger partial charge on any atom is -0.497 e. The molecular formula is C17H17F3N2O4. The third-order valence-corrected chi connectivity index (χ3v) is 3.79. The van der Waals surface area contributed by atoms with Gasteiger partial charge in [-0.1, -0.05) is 0 Å². The number of nitro groups is 1. The number of nitro benzene ring substituents is 1. The van der Waals surface area contributed by atoms with Crippen molar-refractivity contribution in [3.63, 3.8) is 0 Å². The Morgan fingerprint density at radius 1 is 1.12 bits per heavy atom. The molecule has 2 aromatic rings. The highest BCUT2D eigenvalue weighted by Gasteiger charge is 2.38. The summed E-state index contributed by atoms with van der Waals surface area (Å²) in [5.41, 5.74) is -1.54. The standard InChI is InChI=1S/C17H17F3N2O4/c1-10(13-9-12(25-2)5-7-16(13)26-3)21-11-4-6-15(22(23)24)14(8-11)17(18,19)20/h4-10,21H,1-3H3. The summed E-state index contributed by atoms with van der Waals surface area (Å²) in [6.07, 6.45) is -4.84. The van der Waals surface area contributed by atoms with Crippen LogP contribution < -0.4 is 14.8 Å². The Labute approximate surface area is 147 Å². The fourth-order valence-electron chi connectivity index (χ4n) is 2.52. The molecule has 0 aliphatic carbocycles. The number of nitrogens with one attached hydrogen (secondary N) is 1. The quantitative estimate of drug-likeness (QED) is 0.584. The number of rotatable bonds is 6. The Hall–Kier alpha value is -2.97. The largest absolute Gasteiger partial charge is 0.497 e. The molecule has 0 aliphatic heterocycles. The number of alkyl halides is 3. The number of halogens is 3. The maximum atomic E-state index is 13.1. The molecule has 0 saturated carbocycles. The van der Waals surface area contributed by atoms with Crippen LogP contribution >= 0.6 is 0 Å². The molecule has 6 nitrogen and oxygen atoms in total.